The van der Waals surface area contributed by atoms with Crippen molar-refractivity contribution in [1.29, 1.82) is 0 Å². The maximum absolute atomic E-state index is 13.6. The summed E-state index contributed by atoms with van der Waals surface area (Å²) in [5, 5.41) is 5.74. The van der Waals surface area contributed by atoms with Gasteiger partial charge in [-0.15, -0.1) is 0 Å². The zero-order valence-corrected chi connectivity index (χ0v) is 13.1. The van der Waals surface area contributed by atoms with Crippen molar-refractivity contribution in [1.82, 2.24) is 15.5 Å². The van der Waals surface area contributed by atoms with Gasteiger partial charge in [0.15, 0.2) is 0 Å². The molecule has 2 N–H and O–H groups in total. The van der Waals surface area contributed by atoms with Crippen molar-refractivity contribution in [2.45, 2.75) is 38.3 Å². The highest BCUT2D eigenvalue weighted by atomic mass is 19.1. The fourth-order valence-electron chi connectivity index (χ4n) is 2.84. The molecule has 124 valence electrons. The lowest BCUT2D eigenvalue weighted by molar-refractivity contribution is -0.126. The standard InChI is InChI=1S/C17H22FN3O2/c18-15-6-2-1-4-12(15)10-19-16(22)13-5-3-9-21(11-13)17(23)20-14-7-8-14/h1-2,4,6,13-14H,3,5,7-11H2,(H,19,22)(H,20,23). The summed E-state index contributed by atoms with van der Waals surface area (Å²) in [6.45, 7) is 1.30. The number of amides is 3. The van der Waals surface area contributed by atoms with Gasteiger partial charge in [-0.05, 0) is 31.7 Å². The Kier molecular flexibility index (Phi) is 4.79. The number of rotatable bonds is 4. The topological polar surface area (TPSA) is 61.4 Å². The summed E-state index contributed by atoms with van der Waals surface area (Å²) >= 11 is 0. The molecule has 6 heteroatoms. The van der Waals surface area contributed by atoms with Crippen molar-refractivity contribution in [3.63, 3.8) is 0 Å². The molecule has 5 nitrogen and oxygen atoms in total. The number of piperidine rings is 1. The predicted octanol–water partition coefficient (Wildman–Crippen LogP) is 2.03. The van der Waals surface area contributed by atoms with Crippen LogP contribution >= 0.6 is 0 Å². The molecule has 0 bridgehead atoms. The van der Waals surface area contributed by atoms with Crippen molar-refractivity contribution < 1.29 is 14.0 Å². The second-order valence-electron chi connectivity index (χ2n) is 6.32. The van der Waals surface area contributed by atoms with Crippen molar-refractivity contribution in [2.24, 2.45) is 5.92 Å². The number of carbonyl (C=O) groups excluding carboxylic acids is 2. The van der Waals surface area contributed by atoms with E-state index in [1.54, 1.807) is 23.1 Å². The number of hydrogen-bond acceptors (Lipinski definition) is 2. The van der Waals surface area contributed by atoms with Crippen LogP contribution in [0.4, 0.5) is 9.18 Å². The average molecular weight is 319 g/mol. The highest BCUT2D eigenvalue weighted by molar-refractivity contribution is 5.81. The molecule has 0 aromatic heterocycles. The minimum Gasteiger partial charge on any atom is -0.352 e. The van der Waals surface area contributed by atoms with Gasteiger partial charge in [-0.3, -0.25) is 4.79 Å². The van der Waals surface area contributed by atoms with Crippen molar-refractivity contribution in [3.8, 4) is 0 Å². The lowest BCUT2D eigenvalue weighted by Gasteiger charge is -2.32. The molecule has 3 rings (SSSR count). The van der Waals surface area contributed by atoms with Gasteiger partial charge < -0.3 is 15.5 Å². The Labute approximate surface area is 135 Å². The molecule has 0 spiro atoms. The van der Waals surface area contributed by atoms with Crippen LogP contribution in [0.5, 0.6) is 0 Å². The predicted molar refractivity (Wildman–Crippen MR) is 84.1 cm³/mol. The smallest absolute Gasteiger partial charge is 0.317 e. The van der Waals surface area contributed by atoms with Crippen molar-refractivity contribution in [3.05, 3.63) is 35.6 Å². The Balaban J connectivity index is 1.50. The molecule has 1 aromatic carbocycles. The van der Waals surface area contributed by atoms with Crippen LogP contribution in [-0.4, -0.2) is 36.0 Å². The fourth-order valence-corrected chi connectivity index (χ4v) is 2.84. The molecule has 1 aromatic rings. The van der Waals surface area contributed by atoms with E-state index in [1.165, 1.54) is 6.07 Å². The number of hydrogen-bond donors (Lipinski definition) is 2. The summed E-state index contributed by atoms with van der Waals surface area (Å²) in [5.41, 5.74) is 0.472. The number of urea groups is 1. The van der Waals surface area contributed by atoms with Crippen LogP contribution in [0.1, 0.15) is 31.2 Å². The quantitative estimate of drug-likeness (QED) is 0.892. The SMILES string of the molecule is O=C(NCc1ccccc1F)C1CCCN(C(=O)NC2CC2)C1. The van der Waals surface area contributed by atoms with E-state index in [0.29, 0.717) is 24.7 Å². The molecule has 1 saturated heterocycles. The molecule has 0 radical (unpaired) electrons. The van der Waals surface area contributed by atoms with E-state index >= 15 is 0 Å². The van der Waals surface area contributed by atoms with Gasteiger partial charge >= 0.3 is 6.03 Å². The lowest BCUT2D eigenvalue weighted by atomic mass is 9.97. The van der Waals surface area contributed by atoms with Gasteiger partial charge in [-0.25, -0.2) is 9.18 Å². The minimum atomic E-state index is -0.318. The largest absolute Gasteiger partial charge is 0.352 e. The zero-order valence-electron chi connectivity index (χ0n) is 13.1. The molecule has 2 aliphatic rings. The molecule has 3 amide bonds. The number of nitrogens with one attached hydrogen (secondary N) is 2. The van der Waals surface area contributed by atoms with Gasteiger partial charge in [-0.2, -0.15) is 0 Å². The Morgan fingerprint density at radius 1 is 1.22 bits per heavy atom. The molecule has 1 saturated carbocycles. The van der Waals surface area contributed by atoms with Gasteiger partial charge in [-0.1, -0.05) is 18.2 Å². The monoisotopic (exact) mass is 319 g/mol. The summed E-state index contributed by atoms with van der Waals surface area (Å²) in [4.78, 5) is 26.1. The van der Waals surface area contributed by atoms with Crippen molar-refractivity contribution >= 4 is 11.9 Å². The van der Waals surface area contributed by atoms with E-state index in [1.807, 2.05) is 0 Å². The summed E-state index contributed by atoms with van der Waals surface area (Å²) in [7, 11) is 0. The fraction of sp³-hybridized carbons (Fsp3) is 0.529. The zero-order chi connectivity index (χ0) is 16.2. The molecule has 1 unspecified atom stereocenters. The van der Waals surface area contributed by atoms with Crippen LogP contribution in [0, 0.1) is 11.7 Å². The Bertz CT molecular complexity index is 589. The minimum absolute atomic E-state index is 0.0703. The molecule has 1 aliphatic heterocycles. The highest BCUT2D eigenvalue weighted by Crippen LogP contribution is 2.21. The third-order valence-corrected chi connectivity index (χ3v) is 4.40. The van der Waals surface area contributed by atoms with Crippen LogP contribution in [-0.2, 0) is 11.3 Å². The second kappa shape index (κ2) is 6.98. The van der Waals surface area contributed by atoms with Crippen LogP contribution in [0.25, 0.3) is 0 Å². The van der Waals surface area contributed by atoms with Gasteiger partial charge in [0.25, 0.3) is 0 Å². The number of benzene rings is 1. The van der Waals surface area contributed by atoms with E-state index in [0.717, 1.165) is 25.7 Å². The second-order valence-corrected chi connectivity index (χ2v) is 6.32. The van der Waals surface area contributed by atoms with Gasteiger partial charge in [0, 0.05) is 31.2 Å². The first kappa shape index (κ1) is 15.8. The molecule has 1 atom stereocenters. The van der Waals surface area contributed by atoms with Crippen LogP contribution in [0.15, 0.2) is 24.3 Å². The van der Waals surface area contributed by atoms with Gasteiger partial charge in [0.2, 0.25) is 5.91 Å². The molecule has 23 heavy (non-hydrogen) atoms. The average Bonchev–Trinajstić information content (AvgIpc) is 3.38. The number of nitrogens with zero attached hydrogens (tertiary/aromatic N) is 1. The number of halogens is 1. The molecular formula is C17H22FN3O2. The van der Waals surface area contributed by atoms with E-state index in [4.69, 9.17) is 0 Å². The summed E-state index contributed by atoms with van der Waals surface area (Å²) in [6.07, 6.45) is 3.67. The Hall–Kier alpha value is -2.11. The summed E-state index contributed by atoms with van der Waals surface area (Å²) < 4.78 is 13.6. The Morgan fingerprint density at radius 2 is 2.00 bits per heavy atom. The maximum atomic E-state index is 13.6. The van der Waals surface area contributed by atoms with Crippen molar-refractivity contribution in [2.75, 3.05) is 13.1 Å². The first-order valence-electron chi connectivity index (χ1n) is 8.20. The third-order valence-electron chi connectivity index (χ3n) is 4.40. The van der Waals surface area contributed by atoms with Crippen LogP contribution in [0.2, 0.25) is 0 Å². The van der Waals surface area contributed by atoms with Gasteiger partial charge in [0.1, 0.15) is 5.82 Å². The van der Waals surface area contributed by atoms with Gasteiger partial charge in [0.05, 0.1) is 5.92 Å². The lowest BCUT2D eigenvalue weighted by Crippen LogP contribution is -2.49. The highest BCUT2D eigenvalue weighted by Gasteiger charge is 2.31. The summed E-state index contributed by atoms with van der Waals surface area (Å²) in [5.74, 6) is -0.653. The maximum Gasteiger partial charge on any atom is 0.317 e. The van der Waals surface area contributed by atoms with E-state index in [-0.39, 0.29) is 30.2 Å². The van der Waals surface area contributed by atoms with E-state index in [9.17, 15) is 14.0 Å². The first-order chi connectivity index (χ1) is 11.1. The third kappa shape index (κ3) is 4.21. The van der Waals surface area contributed by atoms with E-state index < -0.39 is 0 Å². The first-order valence-corrected chi connectivity index (χ1v) is 8.20. The normalized spacial score (nSPS) is 20.9. The molecular weight excluding hydrogens is 297 g/mol. The summed E-state index contributed by atoms with van der Waals surface area (Å²) in [6, 6.07) is 6.66. The molecule has 1 heterocycles. The number of likely N-dealkylation sites (tertiary alicyclic amines) is 1. The number of carbonyl (C=O) groups is 2. The van der Waals surface area contributed by atoms with E-state index in [2.05, 4.69) is 10.6 Å². The van der Waals surface area contributed by atoms with Crippen LogP contribution < -0.4 is 10.6 Å². The van der Waals surface area contributed by atoms with Crippen LogP contribution in [0.3, 0.4) is 0 Å². The Morgan fingerprint density at radius 3 is 2.74 bits per heavy atom. The molecule has 2 fully saturated rings. The molecule has 1 aliphatic carbocycles.